The average molecular weight is 517 g/mol. The largest absolute Gasteiger partial charge is 0.493 e. The maximum Gasteiger partial charge on any atom is 0.305 e. The number of ether oxygens (including phenoxy) is 2. The van der Waals surface area contributed by atoms with Crippen molar-refractivity contribution >= 4 is 35.9 Å². The number of benzene rings is 1. The Morgan fingerprint density at radius 1 is 1.17 bits per heavy atom. The summed E-state index contributed by atoms with van der Waals surface area (Å²) in [4.78, 5) is 15.9. The molecule has 6 nitrogen and oxygen atoms in total. The fourth-order valence-corrected chi connectivity index (χ4v) is 3.22. The normalized spacial score (nSPS) is 12.6. The molecule has 29 heavy (non-hydrogen) atoms. The first kappa shape index (κ1) is 25.5. The summed E-state index contributed by atoms with van der Waals surface area (Å²) in [7, 11) is 0. The number of carbonyl (C=O) groups excluding carboxylic acids is 1. The van der Waals surface area contributed by atoms with Crippen molar-refractivity contribution in [3.05, 3.63) is 29.3 Å². The lowest BCUT2D eigenvalue weighted by molar-refractivity contribution is -0.143. The molecule has 1 aromatic carbocycles. The Morgan fingerprint density at radius 3 is 2.79 bits per heavy atom. The van der Waals surface area contributed by atoms with E-state index in [1.165, 1.54) is 11.1 Å². The number of fused-ring (bicyclic) bond motifs is 1. The summed E-state index contributed by atoms with van der Waals surface area (Å²) in [5.74, 6) is 1.82. The van der Waals surface area contributed by atoms with Crippen LogP contribution in [0.3, 0.4) is 0 Å². The minimum Gasteiger partial charge on any atom is -0.493 e. The Balaban J connectivity index is 0.00000420. The number of unbranched alkanes of at least 4 members (excludes halogenated alkanes) is 3. The maximum absolute atomic E-state index is 11.3. The molecular formula is C22H36IN3O3. The molecule has 7 heteroatoms. The van der Waals surface area contributed by atoms with Gasteiger partial charge in [-0.2, -0.15) is 0 Å². The molecule has 0 amide bonds. The van der Waals surface area contributed by atoms with Gasteiger partial charge in [-0.15, -0.1) is 24.0 Å². The summed E-state index contributed by atoms with van der Waals surface area (Å²) in [6.07, 6.45) is 6.55. The van der Waals surface area contributed by atoms with Crippen LogP contribution in [0.5, 0.6) is 5.75 Å². The van der Waals surface area contributed by atoms with E-state index in [2.05, 4.69) is 40.7 Å². The molecule has 0 atom stereocenters. The van der Waals surface area contributed by atoms with Gasteiger partial charge in [-0.3, -0.25) is 9.79 Å². The Bertz CT molecular complexity index is 638. The molecule has 1 aliphatic rings. The van der Waals surface area contributed by atoms with Crippen LogP contribution in [0.4, 0.5) is 0 Å². The Kier molecular flexibility index (Phi) is 13.5. The van der Waals surface area contributed by atoms with E-state index in [1.54, 1.807) is 0 Å². The summed E-state index contributed by atoms with van der Waals surface area (Å²) in [5.41, 5.74) is 2.65. The fraction of sp³-hybridized carbons (Fsp3) is 0.636. The molecule has 0 bridgehead atoms. The number of rotatable bonds is 12. The highest BCUT2D eigenvalue weighted by molar-refractivity contribution is 14.0. The van der Waals surface area contributed by atoms with Crippen molar-refractivity contribution in [1.29, 1.82) is 0 Å². The number of nitrogens with zero attached hydrogens (tertiary/aromatic N) is 1. The smallest absolute Gasteiger partial charge is 0.305 e. The third-order valence-corrected chi connectivity index (χ3v) is 4.67. The molecule has 1 aliphatic heterocycles. The number of nitrogens with one attached hydrogen (secondary N) is 2. The number of guanidine groups is 1. The first-order valence-electron chi connectivity index (χ1n) is 10.6. The van der Waals surface area contributed by atoms with Crippen LogP contribution >= 0.6 is 24.0 Å². The molecule has 1 aromatic rings. The van der Waals surface area contributed by atoms with Gasteiger partial charge in [0.2, 0.25) is 0 Å². The Morgan fingerprint density at radius 2 is 2.00 bits per heavy atom. The molecular weight excluding hydrogens is 481 g/mol. The van der Waals surface area contributed by atoms with Gasteiger partial charge in [-0.05, 0) is 50.3 Å². The highest BCUT2D eigenvalue weighted by Crippen LogP contribution is 2.25. The second-order valence-electron chi connectivity index (χ2n) is 6.95. The van der Waals surface area contributed by atoms with E-state index in [0.717, 1.165) is 76.5 Å². The van der Waals surface area contributed by atoms with E-state index < -0.39 is 0 Å². The molecule has 0 saturated carbocycles. The monoisotopic (exact) mass is 517 g/mol. The van der Waals surface area contributed by atoms with Gasteiger partial charge in [0.25, 0.3) is 0 Å². The van der Waals surface area contributed by atoms with Crippen LogP contribution in [-0.4, -0.2) is 44.8 Å². The van der Waals surface area contributed by atoms with E-state index in [9.17, 15) is 4.79 Å². The van der Waals surface area contributed by atoms with Crippen molar-refractivity contribution < 1.29 is 14.3 Å². The molecule has 2 rings (SSSR count). The highest BCUT2D eigenvalue weighted by atomic mass is 127. The second kappa shape index (κ2) is 15.3. The summed E-state index contributed by atoms with van der Waals surface area (Å²) in [6, 6.07) is 6.48. The van der Waals surface area contributed by atoms with E-state index in [4.69, 9.17) is 9.47 Å². The number of esters is 1. The van der Waals surface area contributed by atoms with Crippen molar-refractivity contribution in [3.63, 3.8) is 0 Å². The number of aliphatic imine (C=N–C) groups is 1. The van der Waals surface area contributed by atoms with Crippen LogP contribution in [0.15, 0.2) is 23.2 Å². The van der Waals surface area contributed by atoms with Gasteiger partial charge < -0.3 is 20.1 Å². The molecule has 1 heterocycles. The van der Waals surface area contributed by atoms with E-state index in [1.807, 2.05) is 6.92 Å². The van der Waals surface area contributed by atoms with Gasteiger partial charge in [0.1, 0.15) is 5.75 Å². The van der Waals surface area contributed by atoms with Crippen LogP contribution in [0.2, 0.25) is 0 Å². The van der Waals surface area contributed by atoms with Gasteiger partial charge >= 0.3 is 5.97 Å². The van der Waals surface area contributed by atoms with Gasteiger partial charge in [0, 0.05) is 32.5 Å². The zero-order valence-corrected chi connectivity index (χ0v) is 20.1. The Labute approximate surface area is 192 Å². The van der Waals surface area contributed by atoms with Gasteiger partial charge in [-0.25, -0.2) is 0 Å². The first-order valence-corrected chi connectivity index (χ1v) is 10.6. The number of hydrogen-bond acceptors (Lipinski definition) is 4. The lowest BCUT2D eigenvalue weighted by atomic mass is 10.1. The van der Waals surface area contributed by atoms with Crippen LogP contribution in [-0.2, 0) is 22.4 Å². The lowest BCUT2D eigenvalue weighted by Gasteiger charge is -2.11. The molecule has 0 spiro atoms. The van der Waals surface area contributed by atoms with Crippen molar-refractivity contribution in [2.45, 2.75) is 58.8 Å². The minimum absolute atomic E-state index is 0. The number of halogens is 1. The molecule has 164 valence electrons. The summed E-state index contributed by atoms with van der Waals surface area (Å²) in [6.45, 7) is 7.68. The van der Waals surface area contributed by atoms with Crippen LogP contribution in [0.25, 0.3) is 0 Å². The number of hydrogen-bond donors (Lipinski definition) is 2. The van der Waals surface area contributed by atoms with Crippen molar-refractivity contribution in [3.8, 4) is 5.75 Å². The highest BCUT2D eigenvalue weighted by Gasteiger charge is 2.11. The molecule has 0 aliphatic carbocycles. The predicted octanol–water partition coefficient (Wildman–Crippen LogP) is 3.85. The lowest BCUT2D eigenvalue weighted by Crippen LogP contribution is -2.38. The predicted molar refractivity (Wildman–Crippen MR) is 128 cm³/mol. The van der Waals surface area contributed by atoms with Crippen LogP contribution in [0, 0.1) is 0 Å². The molecule has 2 N–H and O–H groups in total. The topological polar surface area (TPSA) is 72.0 Å². The SMILES string of the molecule is CCNC(=NCCCCCCC(=O)OCC)NCCc1ccc2c(c1)CCO2.I. The van der Waals surface area contributed by atoms with Gasteiger partial charge in [0.15, 0.2) is 5.96 Å². The Hall–Kier alpha value is -1.51. The summed E-state index contributed by atoms with van der Waals surface area (Å²) >= 11 is 0. The van der Waals surface area contributed by atoms with Crippen molar-refractivity contribution in [2.24, 2.45) is 4.99 Å². The molecule has 0 fully saturated rings. The third kappa shape index (κ3) is 10.2. The minimum atomic E-state index is -0.0879. The fourth-order valence-electron chi connectivity index (χ4n) is 3.22. The van der Waals surface area contributed by atoms with Crippen molar-refractivity contribution in [2.75, 3.05) is 32.8 Å². The van der Waals surface area contributed by atoms with Crippen molar-refractivity contribution in [1.82, 2.24) is 10.6 Å². The molecule has 0 aromatic heterocycles. The zero-order valence-electron chi connectivity index (χ0n) is 17.8. The van der Waals surface area contributed by atoms with E-state index in [0.29, 0.717) is 13.0 Å². The van der Waals surface area contributed by atoms with E-state index in [-0.39, 0.29) is 29.9 Å². The third-order valence-electron chi connectivity index (χ3n) is 4.67. The number of carbonyl (C=O) groups is 1. The quantitative estimate of drug-likeness (QED) is 0.145. The summed E-state index contributed by atoms with van der Waals surface area (Å²) < 4.78 is 10.5. The van der Waals surface area contributed by atoms with Crippen LogP contribution in [0.1, 0.15) is 57.1 Å². The van der Waals surface area contributed by atoms with Crippen LogP contribution < -0.4 is 15.4 Å². The van der Waals surface area contributed by atoms with E-state index >= 15 is 0 Å². The average Bonchev–Trinajstić information content (AvgIpc) is 3.15. The standard InChI is InChI=1S/C22H35N3O3.HI/c1-3-23-22(24-14-8-6-5-7-9-21(26)27-4-2)25-15-12-18-10-11-20-19(17-18)13-16-28-20;/h10-11,17H,3-9,12-16H2,1-2H3,(H2,23,24,25);1H. The maximum atomic E-state index is 11.3. The first-order chi connectivity index (χ1) is 13.7. The zero-order chi connectivity index (χ0) is 20.0. The second-order valence-corrected chi connectivity index (χ2v) is 6.95. The van der Waals surface area contributed by atoms with Gasteiger partial charge in [0.05, 0.1) is 13.2 Å². The van der Waals surface area contributed by atoms with Gasteiger partial charge in [-0.1, -0.05) is 25.0 Å². The summed E-state index contributed by atoms with van der Waals surface area (Å²) in [5, 5.41) is 6.71. The molecule has 0 radical (unpaired) electrons. The molecule has 0 unspecified atom stereocenters. The molecule has 0 saturated heterocycles.